The number of halogens is 1. The zero-order chi connectivity index (χ0) is 23.8. The molecule has 32 heavy (non-hydrogen) atoms. The Morgan fingerprint density at radius 3 is 2.25 bits per heavy atom. The van der Waals surface area contributed by atoms with Crippen molar-refractivity contribution >= 4 is 40.2 Å². The van der Waals surface area contributed by atoms with Crippen molar-refractivity contribution in [3.05, 3.63) is 45.6 Å². The Hall–Kier alpha value is -3.47. The molecule has 0 atom stereocenters. The van der Waals surface area contributed by atoms with E-state index in [0.29, 0.717) is 5.56 Å². The SMILES string of the molecule is CCOC(=O)c1sc(NC(=O)COC(=O)c2ccc(OC)c(F)c2)c(C(=O)OCC)c1C. The van der Waals surface area contributed by atoms with Gasteiger partial charge in [-0.3, -0.25) is 4.79 Å². The van der Waals surface area contributed by atoms with Gasteiger partial charge in [-0.2, -0.15) is 0 Å². The van der Waals surface area contributed by atoms with Crippen LogP contribution in [0.5, 0.6) is 5.75 Å². The van der Waals surface area contributed by atoms with Crippen molar-refractivity contribution < 1.29 is 42.5 Å². The summed E-state index contributed by atoms with van der Waals surface area (Å²) < 4.78 is 33.4. The molecule has 1 N–H and O–H groups in total. The van der Waals surface area contributed by atoms with Crippen molar-refractivity contribution in [2.45, 2.75) is 20.8 Å². The van der Waals surface area contributed by atoms with Crippen LogP contribution in [-0.4, -0.2) is 50.7 Å². The predicted octanol–water partition coefficient (Wildman–Crippen LogP) is 3.35. The van der Waals surface area contributed by atoms with Crippen LogP contribution in [0.1, 0.15) is 49.8 Å². The van der Waals surface area contributed by atoms with Crippen molar-refractivity contribution in [2.75, 3.05) is 32.2 Å². The molecule has 1 aromatic carbocycles. The van der Waals surface area contributed by atoms with E-state index in [1.54, 1.807) is 13.8 Å². The number of ether oxygens (including phenoxy) is 4. The van der Waals surface area contributed by atoms with Crippen molar-refractivity contribution in [3.8, 4) is 5.75 Å². The number of hydrogen-bond donors (Lipinski definition) is 1. The van der Waals surface area contributed by atoms with Gasteiger partial charge in [0.1, 0.15) is 9.88 Å². The minimum Gasteiger partial charge on any atom is -0.494 e. The van der Waals surface area contributed by atoms with Crippen LogP contribution in [0.15, 0.2) is 18.2 Å². The predicted molar refractivity (Wildman–Crippen MR) is 113 cm³/mol. The molecule has 0 saturated heterocycles. The highest BCUT2D eigenvalue weighted by molar-refractivity contribution is 7.18. The van der Waals surface area contributed by atoms with E-state index in [-0.39, 0.29) is 40.0 Å². The first-order chi connectivity index (χ1) is 15.2. The fraction of sp³-hybridized carbons (Fsp3) is 0.333. The van der Waals surface area contributed by atoms with Crippen LogP contribution in [0.25, 0.3) is 0 Å². The second kappa shape index (κ2) is 11.2. The average molecular weight is 467 g/mol. The number of carbonyl (C=O) groups is 4. The number of anilines is 1. The van der Waals surface area contributed by atoms with E-state index in [0.717, 1.165) is 17.4 Å². The molecule has 0 spiro atoms. The van der Waals surface area contributed by atoms with Gasteiger partial charge in [-0.25, -0.2) is 18.8 Å². The molecule has 0 radical (unpaired) electrons. The molecule has 0 aliphatic heterocycles. The lowest BCUT2D eigenvalue weighted by Crippen LogP contribution is -2.22. The Bertz CT molecular complexity index is 1030. The van der Waals surface area contributed by atoms with E-state index in [2.05, 4.69) is 5.32 Å². The molecule has 0 bridgehead atoms. The van der Waals surface area contributed by atoms with Gasteiger partial charge in [-0.05, 0) is 44.5 Å². The maximum Gasteiger partial charge on any atom is 0.348 e. The lowest BCUT2D eigenvalue weighted by atomic mass is 10.1. The maximum absolute atomic E-state index is 13.7. The summed E-state index contributed by atoms with van der Waals surface area (Å²) in [7, 11) is 1.28. The monoisotopic (exact) mass is 467 g/mol. The molecule has 0 saturated carbocycles. The quantitative estimate of drug-likeness (QED) is 0.441. The van der Waals surface area contributed by atoms with Crippen molar-refractivity contribution in [3.63, 3.8) is 0 Å². The Balaban J connectivity index is 2.15. The molecule has 2 aromatic rings. The van der Waals surface area contributed by atoms with Gasteiger partial charge >= 0.3 is 17.9 Å². The summed E-state index contributed by atoms with van der Waals surface area (Å²) in [6, 6.07) is 3.46. The topological polar surface area (TPSA) is 117 Å². The molecule has 9 nitrogen and oxygen atoms in total. The molecule has 0 fully saturated rings. The van der Waals surface area contributed by atoms with Crippen molar-refractivity contribution in [1.29, 1.82) is 0 Å². The van der Waals surface area contributed by atoms with E-state index in [4.69, 9.17) is 18.9 Å². The summed E-state index contributed by atoms with van der Waals surface area (Å²) in [6.45, 7) is 4.30. The fourth-order valence-electron chi connectivity index (χ4n) is 2.61. The van der Waals surface area contributed by atoms with Gasteiger partial charge in [-0.1, -0.05) is 0 Å². The van der Waals surface area contributed by atoms with E-state index < -0.39 is 36.2 Å². The molecule has 1 aromatic heterocycles. The summed E-state index contributed by atoms with van der Waals surface area (Å²) in [4.78, 5) is 49.1. The summed E-state index contributed by atoms with van der Waals surface area (Å²) in [5.41, 5.74) is 0.199. The summed E-state index contributed by atoms with van der Waals surface area (Å²) in [5.74, 6) is -3.87. The number of benzene rings is 1. The molecule has 172 valence electrons. The first-order valence-corrected chi connectivity index (χ1v) is 10.3. The minimum atomic E-state index is -0.929. The number of amides is 1. The molecule has 0 aliphatic carbocycles. The average Bonchev–Trinajstić information content (AvgIpc) is 3.08. The Labute approximate surface area is 187 Å². The minimum absolute atomic E-state index is 0.0109. The standard InChI is InChI=1S/C21H22FNO8S/c1-5-29-20(26)16-11(3)17(21(27)30-6-2)32-18(16)23-15(24)10-31-19(25)12-7-8-14(28-4)13(22)9-12/h7-9H,5-6,10H2,1-4H3,(H,23,24). The van der Waals surface area contributed by atoms with Crippen LogP contribution < -0.4 is 10.1 Å². The largest absolute Gasteiger partial charge is 0.494 e. The normalized spacial score (nSPS) is 10.3. The number of esters is 3. The zero-order valence-corrected chi connectivity index (χ0v) is 18.7. The van der Waals surface area contributed by atoms with Gasteiger partial charge in [-0.15, -0.1) is 11.3 Å². The highest BCUT2D eigenvalue weighted by atomic mass is 32.1. The van der Waals surface area contributed by atoms with Gasteiger partial charge < -0.3 is 24.3 Å². The highest BCUT2D eigenvalue weighted by Crippen LogP contribution is 2.34. The molecule has 0 aliphatic rings. The summed E-state index contributed by atoms with van der Waals surface area (Å²) >= 11 is 0.842. The smallest absolute Gasteiger partial charge is 0.348 e. The number of hydrogen-bond acceptors (Lipinski definition) is 9. The van der Waals surface area contributed by atoms with Gasteiger partial charge in [0.15, 0.2) is 18.2 Å². The van der Waals surface area contributed by atoms with Crippen LogP contribution in [0, 0.1) is 12.7 Å². The van der Waals surface area contributed by atoms with Crippen LogP contribution in [0.4, 0.5) is 9.39 Å². The lowest BCUT2D eigenvalue weighted by Gasteiger charge is -2.08. The first kappa shape index (κ1) is 24.8. The lowest BCUT2D eigenvalue weighted by molar-refractivity contribution is -0.119. The van der Waals surface area contributed by atoms with Crippen LogP contribution in [0.3, 0.4) is 0 Å². The molecule has 2 rings (SSSR count). The van der Waals surface area contributed by atoms with E-state index in [9.17, 15) is 23.6 Å². The molecule has 1 heterocycles. The first-order valence-electron chi connectivity index (χ1n) is 9.51. The van der Waals surface area contributed by atoms with E-state index >= 15 is 0 Å². The molecule has 11 heteroatoms. The van der Waals surface area contributed by atoms with Crippen molar-refractivity contribution in [2.24, 2.45) is 0 Å². The van der Waals surface area contributed by atoms with E-state index in [1.807, 2.05) is 0 Å². The number of rotatable bonds is 9. The van der Waals surface area contributed by atoms with Crippen LogP contribution in [-0.2, 0) is 19.0 Å². The Morgan fingerprint density at radius 2 is 1.66 bits per heavy atom. The third-order valence-corrected chi connectivity index (χ3v) is 5.25. The second-order valence-electron chi connectivity index (χ2n) is 6.17. The number of nitrogens with one attached hydrogen (secondary N) is 1. The highest BCUT2D eigenvalue weighted by Gasteiger charge is 2.27. The third kappa shape index (κ3) is 5.82. The number of methoxy groups -OCH3 is 1. The van der Waals surface area contributed by atoms with Gasteiger partial charge in [0.05, 0.1) is 31.5 Å². The molecular weight excluding hydrogens is 445 g/mol. The van der Waals surface area contributed by atoms with Gasteiger partial charge in [0.25, 0.3) is 5.91 Å². The maximum atomic E-state index is 13.7. The summed E-state index contributed by atoms with van der Waals surface area (Å²) in [5, 5.41) is 2.50. The van der Waals surface area contributed by atoms with Crippen LogP contribution in [0.2, 0.25) is 0 Å². The van der Waals surface area contributed by atoms with Gasteiger partial charge in [0.2, 0.25) is 0 Å². The number of thiophene rings is 1. The zero-order valence-electron chi connectivity index (χ0n) is 17.9. The van der Waals surface area contributed by atoms with Crippen molar-refractivity contribution in [1.82, 2.24) is 0 Å². The second-order valence-corrected chi connectivity index (χ2v) is 7.20. The Kier molecular flexibility index (Phi) is 8.71. The Morgan fingerprint density at radius 1 is 1.00 bits per heavy atom. The third-order valence-electron chi connectivity index (χ3n) is 4.06. The summed E-state index contributed by atoms with van der Waals surface area (Å²) in [6.07, 6.45) is 0. The molecular formula is C21H22FNO8S. The fourth-order valence-corrected chi connectivity index (χ4v) is 3.72. The van der Waals surface area contributed by atoms with E-state index in [1.165, 1.54) is 26.2 Å². The van der Waals surface area contributed by atoms with Crippen LogP contribution >= 0.6 is 11.3 Å². The number of carbonyl (C=O) groups excluding carboxylic acids is 4. The van der Waals surface area contributed by atoms with Gasteiger partial charge in [0, 0.05) is 0 Å². The molecule has 0 unspecified atom stereocenters. The molecule has 1 amide bonds.